The number of allylic oxidation sites excluding steroid dienone is 1. The molecule has 3 rings (SSSR count). The van der Waals surface area contributed by atoms with Crippen molar-refractivity contribution in [2.75, 3.05) is 12.5 Å². The number of rotatable bonds is 2. The lowest BCUT2D eigenvalue weighted by molar-refractivity contribution is 1.27. The summed E-state index contributed by atoms with van der Waals surface area (Å²) in [7, 11) is 0. The molecule has 0 N–H and O–H groups in total. The number of hydrogen-bond donors (Lipinski definition) is 0. The van der Waals surface area contributed by atoms with Gasteiger partial charge in [0.15, 0.2) is 0 Å². The van der Waals surface area contributed by atoms with Crippen molar-refractivity contribution >= 4 is 39.2 Å². The van der Waals surface area contributed by atoms with Crippen LogP contribution in [0.4, 0.5) is 0 Å². The van der Waals surface area contributed by atoms with Gasteiger partial charge in [0.05, 0.1) is 0 Å². The summed E-state index contributed by atoms with van der Waals surface area (Å²) in [5.74, 6) is 0. The molecule has 0 saturated carbocycles. The molecule has 0 bridgehead atoms. The van der Waals surface area contributed by atoms with Gasteiger partial charge in [-0.2, -0.15) is 0 Å². The highest BCUT2D eigenvalue weighted by Crippen LogP contribution is 2.42. The molecule has 2 aromatic carbocycles. The van der Waals surface area contributed by atoms with Gasteiger partial charge in [0.2, 0.25) is 0 Å². The van der Waals surface area contributed by atoms with Crippen molar-refractivity contribution in [1.82, 2.24) is 0 Å². The van der Waals surface area contributed by atoms with Gasteiger partial charge in [0.1, 0.15) is 0 Å². The first-order valence-corrected chi connectivity index (χ1v) is 8.13. The molecule has 1 aliphatic rings. The van der Waals surface area contributed by atoms with E-state index >= 15 is 0 Å². The van der Waals surface area contributed by atoms with Crippen molar-refractivity contribution in [3.8, 4) is 0 Å². The molecular weight excluding hydrogens is 244 g/mol. The Morgan fingerprint density at radius 2 is 1.88 bits per heavy atom. The van der Waals surface area contributed by atoms with Gasteiger partial charge in [0.25, 0.3) is 0 Å². The topological polar surface area (TPSA) is 0 Å². The molecule has 0 spiro atoms. The summed E-state index contributed by atoms with van der Waals surface area (Å²) in [4.78, 5) is 2.82. The smallest absolute Gasteiger partial charge is 0.0159 e. The van der Waals surface area contributed by atoms with Crippen molar-refractivity contribution < 1.29 is 0 Å². The molecule has 0 saturated heterocycles. The molecule has 86 valence electrons. The molecule has 17 heavy (non-hydrogen) atoms. The lowest BCUT2D eigenvalue weighted by atomic mass is 9.93. The van der Waals surface area contributed by atoms with Crippen LogP contribution in [0.1, 0.15) is 11.1 Å². The van der Waals surface area contributed by atoms with Crippen LogP contribution >= 0.6 is 23.5 Å². The zero-order valence-corrected chi connectivity index (χ0v) is 11.6. The van der Waals surface area contributed by atoms with Crippen molar-refractivity contribution in [2.24, 2.45) is 0 Å². The normalized spacial score (nSPS) is 13.9. The molecule has 1 aliphatic carbocycles. The van der Waals surface area contributed by atoms with Crippen molar-refractivity contribution in [3.63, 3.8) is 0 Å². The highest BCUT2D eigenvalue weighted by molar-refractivity contribution is 8.07. The van der Waals surface area contributed by atoms with E-state index in [4.69, 9.17) is 0 Å². The van der Waals surface area contributed by atoms with Crippen molar-refractivity contribution in [3.05, 3.63) is 47.5 Å². The summed E-state index contributed by atoms with van der Waals surface area (Å²) < 4.78 is 0. The molecule has 0 aromatic heterocycles. The quantitative estimate of drug-likeness (QED) is 0.708. The number of thioether (sulfide) groups is 2. The van der Waals surface area contributed by atoms with Gasteiger partial charge in [0, 0.05) is 15.4 Å². The second kappa shape index (κ2) is 4.43. The minimum Gasteiger partial charge on any atom is -0.129 e. The monoisotopic (exact) mass is 258 g/mol. The van der Waals surface area contributed by atoms with Gasteiger partial charge in [-0.3, -0.25) is 0 Å². The SMILES string of the molecule is CSC1=CCc2cccc3ccc(SC)c1c23. The summed E-state index contributed by atoms with van der Waals surface area (Å²) in [6, 6.07) is 11.1. The molecule has 0 atom stereocenters. The third-order valence-corrected chi connectivity index (χ3v) is 4.88. The zero-order chi connectivity index (χ0) is 11.8. The van der Waals surface area contributed by atoms with Crippen LogP contribution < -0.4 is 0 Å². The highest BCUT2D eigenvalue weighted by atomic mass is 32.2. The fourth-order valence-electron chi connectivity index (χ4n) is 2.51. The van der Waals surface area contributed by atoms with E-state index in [1.807, 2.05) is 23.5 Å². The molecular formula is C15H14S2. The van der Waals surface area contributed by atoms with Crippen LogP contribution in [0.5, 0.6) is 0 Å². The van der Waals surface area contributed by atoms with Crippen LogP contribution in [0.25, 0.3) is 15.7 Å². The Labute approximate surface area is 110 Å². The average molecular weight is 258 g/mol. The summed E-state index contributed by atoms with van der Waals surface area (Å²) in [6.45, 7) is 0. The van der Waals surface area contributed by atoms with E-state index in [-0.39, 0.29) is 0 Å². The molecule has 0 fully saturated rings. The van der Waals surface area contributed by atoms with E-state index in [1.165, 1.54) is 31.7 Å². The van der Waals surface area contributed by atoms with Crippen LogP contribution in [-0.4, -0.2) is 12.5 Å². The van der Waals surface area contributed by atoms with Crippen molar-refractivity contribution in [2.45, 2.75) is 11.3 Å². The molecule has 2 heteroatoms. The predicted molar refractivity (Wildman–Crippen MR) is 80.9 cm³/mol. The van der Waals surface area contributed by atoms with Gasteiger partial charge < -0.3 is 0 Å². The van der Waals surface area contributed by atoms with Crippen LogP contribution in [0.3, 0.4) is 0 Å². The second-order valence-corrected chi connectivity index (χ2v) is 5.83. The molecule has 2 aromatic rings. The molecule has 0 nitrogen and oxygen atoms in total. The maximum atomic E-state index is 2.36. The Kier molecular flexibility index (Phi) is 2.93. The van der Waals surface area contributed by atoms with Crippen LogP contribution in [0, 0.1) is 0 Å². The van der Waals surface area contributed by atoms with E-state index in [1.54, 1.807) is 0 Å². The fraction of sp³-hybridized carbons (Fsp3) is 0.200. The Morgan fingerprint density at radius 1 is 1.00 bits per heavy atom. The molecule has 0 unspecified atom stereocenters. The third kappa shape index (κ3) is 1.71. The zero-order valence-electron chi connectivity index (χ0n) is 9.99. The Hall–Kier alpha value is -0.860. The third-order valence-electron chi connectivity index (χ3n) is 3.29. The largest absolute Gasteiger partial charge is 0.129 e. The highest BCUT2D eigenvalue weighted by Gasteiger charge is 2.17. The molecule has 0 heterocycles. The summed E-state index contributed by atoms with van der Waals surface area (Å²) in [5, 5.41) is 2.83. The minimum absolute atomic E-state index is 1.07. The number of hydrogen-bond acceptors (Lipinski definition) is 2. The Morgan fingerprint density at radius 3 is 2.65 bits per heavy atom. The first-order valence-electron chi connectivity index (χ1n) is 5.68. The first kappa shape index (κ1) is 11.2. The summed E-state index contributed by atoms with van der Waals surface area (Å²) >= 11 is 3.70. The Bertz CT molecular complexity index is 612. The van der Waals surface area contributed by atoms with Gasteiger partial charge in [-0.25, -0.2) is 0 Å². The van der Waals surface area contributed by atoms with E-state index in [0.29, 0.717) is 0 Å². The minimum atomic E-state index is 1.07. The predicted octanol–water partition coefficient (Wildman–Crippen LogP) is 4.82. The summed E-state index contributed by atoms with van der Waals surface area (Å²) in [5.41, 5.74) is 2.91. The van der Waals surface area contributed by atoms with Crippen LogP contribution in [0.2, 0.25) is 0 Å². The van der Waals surface area contributed by atoms with E-state index in [0.717, 1.165) is 6.42 Å². The molecule has 0 radical (unpaired) electrons. The van der Waals surface area contributed by atoms with Crippen LogP contribution in [-0.2, 0) is 6.42 Å². The summed E-state index contributed by atoms with van der Waals surface area (Å²) in [6.07, 6.45) is 7.76. The maximum absolute atomic E-state index is 2.36. The Balaban J connectivity index is 2.43. The van der Waals surface area contributed by atoms with Gasteiger partial charge in [-0.15, -0.1) is 23.5 Å². The first-order chi connectivity index (χ1) is 8.35. The van der Waals surface area contributed by atoms with Gasteiger partial charge >= 0.3 is 0 Å². The van der Waals surface area contributed by atoms with E-state index in [2.05, 4.69) is 48.9 Å². The maximum Gasteiger partial charge on any atom is 0.0159 e. The van der Waals surface area contributed by atoms with Gasteiger partial charge in [-0.05, 0) is 41.3 Å². The van der Waals surface area contributed by atoms with Crippen LogP contribution in [0.15, 0.2) is 41.3 Å². The number of benzene rings is 2. The molecule has 0 amide bonds. The standard InChI is InChI=1S/C15H14S2/c1-16-12-8-6-10-4-3-5-11-7-9-13(17-2)15(12)14(10)11/h3-6,8-9H,7H2,1-2H3. The average Bonchev–Trinajstić information content (AvgIpc) is 2.40. The van der Waals surface area contributed by atoms with E-state index < -0.39 is 0 Å². The lowest BCUT2D eigenvalue weighted by Gasteiger charge is -2.20. The lowest BCUT2D eigenvalue weighted by Crippen LogP contribution is -1.98. The fourth-order valence-corrected chi connectivity index (χ4v) is 3.86. The van der Waals surface area contributed by atoms with Gasteiger partial charge in [-0.1, -0.05) is 30.3 Å². The molecule has 0 aliphatic heterocycles. The second-order valence-electron chi connectivity index (χ2n) is 4.13. The van der Waals surface area contributed by atoms with E-state index in [9.17, 15) is 0 Å². The van der Waals surface area contributed by atoms with Crippen molar-refractivity contribution in [1.29, 1.82) is 0 Å².